The number of ether oxygens (including phenoxy) is 4. The van der Waals surface area contributed by atoms with Crippen LogP contribution in [0, 0.1) is 0 Å². The third-order valence-electron chi connectivity index (χ3n) is 4.87. The van der Waals surface area contributed by atoms with Crippen LogP contribution in [0.3, 0.4) is 0 Å². The summed E-state index contributed by atoms with van der Waals surface area (Å²) in [5.41, 5.74) is 0.384. The summed E-state index contributed by atoms with van der Waals surface area (Å²) in [5.74, 6) is -1.75. The fourth-order valence-electron chi connectivity index (χ4n) is 3.35. The number of imide groups is 2. The Morgan fingerprint density at radius 2 is 1.50 bits per heavy atom. The standard InChI is InChI=1S/C21H25BrN2O8/c22-5-6-29-7-8-30-9-10-31-11-12-32-14-1-2-15-16(13-14)21(28)24(20(15)27)17-3-4-18(25)23-19(17)26/h1-2,13,17H,3-12H2,(H,23,25,26). The van der Waals surface area contributed by atoms with E-state index in [1.54, 1.807) is 6.07 Å². The lowest BCUT2D eigenvalue weighted by atomic mass is 10.0. The molecule has 0 spiro atoms. The Balaban J connectivity index is 1.42. The van der Waals surface area contributed by atoms with Crippen molar-refractivity contribution in [2.24, 2.45) is 0 Å². The fourth-order valence-corrected chi connectivity index (χ4v) is 3.58. The van der Waals surface area contributed by atoms with Crippen molar-refractivity contribution in [3.63, 3.8) is 0 Å². The minimum Gasteiger partial charge on any atom is -0.491 e. The van der Waals surface area contributed by atoms with E-state index in [0.717, 1.165) is 10.2 Å². The highest BCUT2D eigenvalue weighted by Gasteiger charge is 2.44. The lowest BCUT2D eigenvalue weighted by Gasteiger charge is -2.27. The largest absolute Gasteiger partial charge is 0.491 e. The van der Waals surface area contributed by atoms with E-state index in [-0.39, 0.29) is 30.6 Å². The molecule has 0 saturated carbocycles. The van der Waals surface area contributed by atoms with Gasteiger partial charge in [0.05, 0.1) is 50.8 Å². The van der Waals surface area contributed by atoms with Crippen LogP contribution in [0.25, 0.3) is 0 Å². The van der Waals surface area contributed by atoms with E-state index in [1.165, 1.54) is 12.1 Å². The van der Waals surface area contributed by atoms with Crippen molar-refractivity contribution in [2.45, 2.75) is 18.9 Å². The molecule has 10 nitrogen and oxygen atoms in total. The number of nitrogens with one attached hydrogen (secondary N) is 1. The molecule has 1 fully saturated rings. The molecule has 3 rings (SSSR count). The van der Waals surface area contributed by atoms with Crippen LogP contribution in [0.1, 0.15) is 33.6 Å². The third-order valence-corrected chi connectivity index (χ3v) is 5.20. The second kappa shape index (κ2) is 12.0. The van der Waals surface area contributed by atoms with Gasteiger partial charge in [0.2, 0.25) is 11.8 Å². The lowest BCUT2D eigenvalue weighted by Crippen LogP contribution is -2.54. The normalized spacial score (nSPS) is 18.2. The first-order valence-electron chi connectivity index (χ1n) is 10.3. The van der Waals surface area contributed by atoms with Crippen LogP contribution in [-0.2, 0) is 23.8 Å². The third kappa shape index (κ3) is 6.12. The summed E-state index contributed by atoms with van der Waals surface area (Å²) in [4.78, 5) is 49.8. The van der Waals surface area contributed by atoms with Crippen molar-refractivity contribution in [2.75, 3.05) is 51.6 Å². The molecule has 0 aromatic heterocycles. The number of hydrogen-bond acceptors (Lipinski definition) is 8. The van der Waals surface area contributed by atoms with Crippen LogP contribution in [0.2, 0.25) is 0 Å². The zero-order valence-electron chi connectivity index (χ0n) is 17.5. The van der Waals surface area contributed by atoms with Gasteiger partial charge in [-0.3, -0.25) is 29.4 Å². The van der Waals surface area contributed by atoms with Crippen molar-refractivity contribution >= 4 is 39.6 Å². The Morgan fingerprint density at radius 3 is 2.16 bits per heavy atom. The Hall–Kier alpha value is -2.34. The predicted octanol–water partition coefficient (Wildman–Crippen LogP) is 0.911. The van der Waals surface area contributed by atoms with Crippen LogP contribution in [0.5, 0.6) is 5.75 Å². The quantitative estimate of drug-likeness (QED) is 0.235. The minimum atomic E-state index is -0.990. The van der Waals surface area contributed by atoms with Crippen LogP contribution >= 0.6 is 15.9 Å². The first-order chi connectivity index (χ1) is 15.5. The van der Waals surface area contributed by atoms with E-state index in [0.29, 0.717) is 45.4 Å². The van der Waals surface area contributed by atoms with E-state index < -0.39 is 29.7 Å². The molecule has 1 N–H and O–H groups in total. The summed E-state index contributed by atoms with van der Waals surface area (Å²) in [5, 5.41) is 2.96. The van der Waals surface area contributed by atoms with Gasteiger partial charge in [-0.1, -0.05) is 15.9 Å². The number of benzene rings is 1. The summed E-state index contributed by atoms with van der Waals surface area (Å²) >= 11 is 3.27. The number of carbonyl (C=O) groups excluding carboxylic acids is 4. The molecule has 11 heteroatoms. The van der Waals surface area contributed by atoms with Gasteiger partial charge in [-0.15, -0.1) is 0 Å². The Kier molecular flexibility index (Phi) is 9.15. The highest BCUT2D eigenvalue weighted by molar-refractivity contribution is 9.09. The maximum atomic E-state index is 12.8. The molecule has 1 aromatic carbocycles. The van der Waals surface area contributed by atoms with Gasteiger partial charge >= 0.3 is 0 Å². The van der Waals surface area contributed by atoms with Gasteiger partial charge in [0, 0.05) is 11.8 Å². The first kappa shape index (κ1) is 24.3. The predicted molar refractivity (Wildman–Crippen MR) is 115 cm³/mol. The number of piperidine rings is 1. The van der Waals surface area contributed by atoms with Gasteiger partial charge in [0.15, 0.2) is 0 Å². The highest BCUT2D eigenvalue weighted by Crippen LogP contribution is 2.30. The van der Waals surface area contributed by atoms with Crippen molar-refractivity contribution in [3.05, 3.63) is 29.3 Å². The first-order valence-corrected chi connectivity index (χ1v) is 11.4. The number of alkyl halides is 1. The summed E-state index contributed by atoms with van der Waals surface area (Å²) < 4.78 is 21.7. The number of halogens is 1. The monoisotopic (exact) mass is 512 g/mol. The molecule has 1 saturated heterocycles. The van der Waals surface area contributed by atoms with Gasteiger partial charge < -0.3 is 18.9 Å². The molecule has 32 heavy (non-hydrogen) atoms. The van der Waals surface area contributed by atoms with E-state index in [4.69, 9.17) is 18.9 Å². The van der Waals surface area contributed by atoms with Crippen LogP contribution in [0.15, 0.2) is 18.2 Å². The molecule has 1 unspecified atom stereocenters. The summed E-state index contributed by atoms with van der Waals surface area (Å²) in [6.45, 7) is 3.14. The second-order valence-corrected chi connectivity index (χ2v) is 7.82. The Bertz CT molecular complexity index is 862. The summed E-state index contributed by atoms with van der Waals surface area (Å²) in [7, 11) is 0. The number of rotatable bonds is 13. The van der Waals surface area contributed by atoms with Gasteiger partial charge in [-0.25, -0.2) is 0 Å². The summed E-state index contributed by atoms with van der Waals surface area (Å²) in [6, 6.07) is 3.59. The molecule has 174 valence electrons. The number of fused-ring (bicyclic) bond motifs is 1. The molecule has 0 radical (unpaired) electrons. The van der Waals surface area contributed by atoms with E-state index in [9.17, 15) is 19.2 Å². The molecular formula is C21H25BrN2O8. The van der Waals surface area contributed by atoms with Gasteiger partial charge in [0.25, 0.3) is 11.8 Å². The molecule has 1 aromatic rings. The minimum absolute atomic E-state index is 0.0775. The van der Waals surface area contributed by atoms with E-state index >= 15 is 0 Å². The van der Waals surface area contributed by atoms with Gasteiger partial charge in [-0.05, 0) is 24.6 Å². The number of hydrogen-bond donors (Lipinski definition) is 1. The second-order valence-electron chi connectivity index (χ2n) is 7.03. The average Bonchev–Trinajstić information content (AvgIpc) is 3.02. The topological polar surface area (TPSA) is 120 Å². The molecule has 1 atom stereocenters. The molecule has 2 aliphatic rings. The Labute approximate surface area is 193 Å². The van der Waals surface area contributed by atoms with E-state index in [1.807, 2.05) is 0 Å². The SMILES string of the molecule is O=C1CCC(N2C(=O)c3ccc(OCCOCCOCCOCCBr)cc3C2=O)C(=O)N1. The molecule has 0 bridgehead atoms. The lowest BCUT2D eigenvalue weighted by molar-refractivity contribution is -0.136. The molecule has 2 heterocycles. The zero-order chi connectivity index (χ0) is 22.9. The number of carbonyl (C=O) groups is 4. The zero-order valence-corrected chi connectivity index (χ0v) is 19.1. The van der Waals surface area contributed by atoms with Gasteiger partial charge in [0.1, 0.15) is 18.4 Å². The maximum absolute atomic E-state index is 12.8. The summed E-state index contributed by atoms with van der Waals surface area (Å²) in [6.07, 6.45) is 0.193. The van der Waals surface area contributed by atoms with Crippen molar-refractivity contribution in [1.82, 2.24) is 10.2 Å². The smallest absolute Gasteiger partial charge is 0.262 e. The molecule has 2 aliphatic heterocycles. The maximum Gasteiger partial charge on any atom is 0.262 e. The molecule has 4 amide bonds. The van der Waals surface area contributed by atoms with Crippen LogP contribution < -0.4 is 10.1 Å². The van der Waals surface area contributed by atoms with Crippen molar-refractivity contribution < 1.29 is 38.1 Å². The molecule has 0 aliphatic carbocycles. The van der Waals surface area contributed by atoms with Crippen LogP contribution in [0.4, 0.5) is 0 Å². The average molecular weight is 513 g/mol. The van der Waals surface area contributed by atoms with E-state index in [2.05, 4.69) is 21.2 Å². The molecular weight excluding hydrogens is 488 g/mol. The number of nitrogens with zero attached hydrogens (tertiary/aromatic N) is 1. The Morgan fingerprint density at radius 1 is 0.875 bits per heavy atom. The van der Waals surface area contributed by atoms with Crippen LogP contribution in [-0.4, -0.2) is 86.1 Å². The van der Waals surface area contributed by atoms with Crippen molar-refractivity contribution in [3.8, 4) is 5.75 Å². The highest BCUT2D eigenvalue weighted by atomic mass is 79.9. The van der Waals surface area contributed by atoms with Gasteiger partial charge in [-0.2, -0.15) is 0 Å². The van der Waals surface area contributed by atoms with Crippen molar-refractivity contribution in [1.29, 1.82) is 0 Å². The number of amides is 4. The fraction of sp³-hybridized carbons (Fsp3) is 0.524.